The molecule has 10 nitrogen and oxygen atoms in total. The van der Waals surface area contributed by atoms with Crippen LogP contribution in [0.2, 0.25) is 5.04 Å². The molecule has 52 heavy (non-hydrogen) atoms. The van der Waals surface area contributed by atoms with Crippen LogP contribution in [-0.4, -0.2) is 66.0 Å². The number of rotatable bonds is 14. The summed E-state index contributed by atoms with van der Waals surface area (Å²) in [4.78, 5) is 25.0. The van der Waals surface area contributed by atoms with Crippen molar-refractivity contribution in [3.63, 3.8) is 0 Å². The molecule has 4 aromatic carbocycles. The van der Waals surface area contributed by atoms with E-state index in [9.17, 15) is 18.0 Å². The molecule has 4 atom stereocenters. The fraction of sp³-hybridized carbons (Fsp3) is 0.350. The normalized spacial score (nSPS) is 20.7. The van der Waals surface area contributed by atoms with Gasteiger partial charge in [0.1, 0.15) is 18.3 Å². The van der Waals surface area contributed by atoms with Crippen molar-refractivity contribution in [2.75, 3.05) is 13.2 Å². The van der Waals surface area contributed by atoms with Gasteiger partial charge in [-0.1, -0.05) is 129 Å². The van der Waals surface area contributed by atoms with Crippen LogP contribution in [0.15, 0.2) is 120 Å². The Morgan fingerprint density at radius 3 is 1.77 bits per heavy atom. The van der Waals surface area contributed by atoms with Crippen molar-refractivity contribution in [1.82, 2.24) is 0 Å². The minimum absolute atomic E-state index is 0.0189. The highest BCUT2D eigenvalue weighted by Crippen LogP contribution is 2.42. The third-order valence-corrected chi connectivity index (χ3v) is 15.3. The summed E-state index contributed by atoms with van der Waals surface area (Å²) in [5, 5.41) is 1.45. The molecule has 1 heterocycles. The fourth-order valence-corrected chi connectivity index (χ4v) is 12.2. The predicted octanol–water partition coefficient (Wildman–Crippen LogP) is 5.45. The van der Waals surface area contributed by atoms with Crippen LogP contribution in [0.1, 0.15) is 45.7 Å². The van der Waals surface area contributed by atoms with Gasteiger partial charge in [0.15, 0.2) is 6.10 Å². The van der Waals surface area contributed by atoms with Crippen LogP contribution in [0, 0.1) is 6.92 Å². The second kappa shape index (κ2) is 16.2. The quantitative estimate of drug-likeness (QED) is 0.0935. The highest BCUT2D eigenvalue weighted by molar-refractivity contribution is 7.86. The van der Waals surface area contributed by atoms with Crippen LogP contribution >= 0.6 is 0 Å². The lowest BCUT2D eigenvalue weighted by Gasteiger charge is -2.45. The number of esters is 2. The summed E-state index contributed by atoms with van der Waals surface area (Å²) >= 11 is 0. The Balaban J connectivity index is 1.67. The standard InChI is InChI=1S/C40H46O10SSi/c1-29-22-24-33(25-23-29)51(43,44)46-27-40(28-47-52(39(4,5)6,34-18-12-8-13-19-34)35-20-14-9-15-21-35)37(45-26-32-16-10-7-11-17-32)36(48-30(2)41)38(50-40)49-31(3)42/h7-25,36-38H,26-28H2,1-6H3/t36-,37+,38?,40-/m1/s1. The van der Waals surface area contributed by atoms with Crippen molar-refractivity contribution in [3.05, 3.63) is 126 Å². The lowest BCUT2D eigenvalue weighted by Crippen LogP contribution is -2.68. The zero-order valence-electron chi connectivity index (χ0n) is 30.3. The number of aryl methyl sites for hydroxylation is 1. The Kier molecular flexibility index (Phi) is 12.2. The van der Waals surface area contributed by atoms with Gasteiger partial charge in [0.25, 0.3) is 18.4 Å². The highest BCUT2D eigenvalue weighted by Gasteiger charge is 2.62. The monoisotopic (exact) mass is 746 g/mol. The number of carbonyl (C=O) groups excluding carboxylic acids is 2. The maximum atomic E-state index is 13.7. The largest absolute Gasteiger partial charge is 0.453 e. The molecule has 276 valence electrons. The minimum Gasteiger partial charge on any atom is -0.453 e. The van der Waals surface area contributed by atoms with Crippen LogP contribution in [0.25, 0.3) is 0 Å². The fourth-order valence-electron chi connectivity index (χ4n) is 6.59. The lowest BCUT2D eigenvalue weighted by molar-refractivity contribution is -0.212. The van der Waals surface area contributed by atoms with Gasteiger partial charge in [-0.15, -0.1) is 0 Å². The summed E-state index contributed by atoms with van der Waals surface area (Å²) in [6.45, 7) is 9.67. The van der Waals surface area contributed by atoms with E-state index in [2.05, 4.69) is 20.8 Å². The lowest BCUT2D eigenvalue weighted by atomic mass is 9.96. The van der Waals surface area contributed by atoms with Crippen LogP contribution in [0.4, 0.5) is 0 Å². The molecule has 12 heteroatoms. The minimum atomic E-state index is -4.36. The third-order valence-electron chi connectivity index (χ3n) is 9.01. The number of carbonyl (C=O) groups is 2. The first-order chi connectivity index (χ1) is 24.7. The van der Waals surface area contributed by atoms with Gasteiger partial charge in [-0.3, -0.25) is 13.8 Å². The molecule has 0 aromatic heterocycles. The third kappa shape index (κ3) is 8.71. The number of benzene rings is 4. The first-order valence-electron chi connectivity index (χ1n) is 17.1. The Bertz CT molecular complexity index is 1860. The molecule has 1 aliphatic rings. The molecule has 5 rings (SSSR count). The van der Waals surface area contributed by atoms with E-state index in [1.54, 1.807) is 12.1 Å². The van der Waals surface area contributed by atoms with Crippen molar-refractivity contribution in [3.8, 4) is 0 Å². The maximum Gasteiger partial charge on any atom is 0.305 e. The van der Waals surface area contributed by atoms with E-state index in [1.165, 1.54) is 26.0 Å². The summed E-state index contributed by atoms with van der Waals surface area (Å²) in [7, 11) is -7.65. The average molecular weight is 747 g/mol. The van der Waals surface area contributed by atoms with Crippen molar-refractivity contribution >= 4 is 40.7 Å². The molecular weight excluding hydrogens is 701 g/mol. The SMILES string of the molecule is CC(=O)OC1O[C@@](CO[Si](c2ccccc2)(c2ccccc2)C(C)(C)C)(COS(=O)(=O)c2ccc(C)cc2)[C@@H](OCc2ccccc2)[C@H]1OC(C)=O. The molecule has 1 saturated heterocycles. The number of hydrogen-bond acceptors (Lipinski definition) is 10. The van der Waals surface area contributed by atoms with Gasteiger partial charge in [-0.25, -0.2) is 0 Å². The first-order valence-corrected chi connectivity index (χ1v) is 20.4. The van der Waals surface area contributed by atoms with Crippen molar-refractivity contribution in [1.29, 1.82) is 0 Å². The molecule has 0 N–H and O–H groups in total. The van der Waals surface area contributed by atoms with Gasteiger partial charge < -0.3 is 23.4 Å². The van der Waals surface area contributed by atoms with Gasteiger partial charge in [0.2, 0.25) is 6.29 Å². The smallest absolute Gasteiger partial charge is 0.305 e. The van der Waals surface area contributed by atoms with Gasteiger partial charge in [0, 0.05) is 13.8 Å². The van der Waals surface area contributed by atoms with Crippen LogP contribution in [0.5, 0.6) is 0 Å². The molecule has 0 radical (unpaired) electrons. The molecule has 0 spiro atoms. The van der Waals surface area contributed by atoms with Crippen LogP contribution < -0.4 is 10.4 Å². The second-order valence-electron chi connectivity index (χ2n) is 13.9. The van der Waals surface area contributed by atoms with E-state index < -0.39 is 66.1 Å². The van der Waals surface area contributed by atoms with E-state index in [0.29, 0.717) is 0 Å². The molecule has 4 aromatic rings. The molecule has 1 aliphatic heterocycles. The summed E-state index contributed by atoms with van der Waals surface area (Å²) in [6, 6.07) is 35.3. The highest BCUT2D eigenvalue weighted by atomic mass is 32.2. The van der Waals surface area contributed by atoms with E-state index in [-0.39, 0.29) is 18.1 Å². The summed E-state index contributed by atoms with van der Waals surface area (Å²) in [5.41, 5.74) is -0.133. The average Bonchev–Trinajstić information content (AvgIpc) is 3.38. The van der Waals surface area contributed by atoms with Gasteiger partial charge in [-0.2, -0.15) is 8.42 Å². The molecule has 1 fully saturated rings. The Morgan fingerprint density at radius 2 is 1.27 bits per heavy atom. The van der Waals surface area contributed by atoms with Crippen molar-refractivity contribution in [2.24, 2.45) is 0 Å². The van der Waals surface area contributed by atoms with Crippen molar-refractivity contribution in [2.45, 2.75) is 82.2 Å². The molecular formula is C40H46O10SSi. The van der Waals surface area contributed by atoms with Crippen LogP contribution in [0.3, 0.4) is 0 Å². The maximum absolute atomic E-state index is 13.7. The topological polar surface area (TPSA) is 124 Å². The Labute approximate surface area is 307 Å². The Morgan fingerprint density at radius 1 is 0.750 bits per heavy atom. The molecule has 0 amide bonds. The molecule has 0 aliphatic carbocycles. The zero-order chi connectivity index (χ0) is 37.6. The first kappa shape index (κ1) is 39.0. The zero-order valence-corrected chi connectivity index (χ0v) is 32.1. The molecule has 0 saturated carbocycles. The van der Waals surface area contributed by atoms with E-state index in [0.717, 1.165) is 21.5 Å². The van der Waals surface area contributed by atoms with Gasteiger partial charge >= 0.3 is 11.9 Å². The Hall–Kier alpha value is -4.17. The van der Waals surface area contributed by atoms with E-state index in [1.807, 2.05) is 97.9 Å². The van der Waals surface area contributed by atoms with E-state index >= 15 is 0 Å². The molecule has 0 bridgehead atoms. The predicted molar refractivity (Wildman–Crippen MR) is 198 cm³/mol. The van der Waals surface area contributed by atoms with Crippen LogP contribution in [-0.2, 0) is 53.9 Å². The summed E-state index contributed by atoms with van der Waals surface area (Å²) in [6.07, 6.45) is -4.01. The van der Waals surface area contributed by atoms with Gasteiger partial charge in [0.05, 0.1) is 18.1 Å². The van der Waals surface area contributed by atoms with Crippen molar-refractivity contribution < 1.29 is 45.6 Å². The summed E-state index contributed by atoms with van der Waals surface area (Å²) in [5.74, 6) is -1.39. The second-order valence-corrected chi connectivity index (χ2v) is 19.9. The number of hydrogen-bond donors (Lipinski definition) is 0. The molecule has 1 unspecified atom stereocenters. The van der Waals surface area contributed by atoms with E-state index in [4.69, 9.17) is 27.6 Å². The van der Waals surface area contributed by atoms with Gasteiger partial charge in [-0.05, 0) is 40.0 Å². The number of ether oxygens (including phenoxy) is 4. The summed E-state index contributed by atoms with van der Waals surface area (Å²) < 4.78 is 65.1.